The van der Waals surface area contributed by atoms with Crippen LogP contribution in [0, 0.1) is 13.8 Å². The van der Waals surface area contributed by atoms with E-state index in [2.05, 4.69) is 19.7 Å². The van der Waals surface area contributed by atoms with Gasteiger partial charge in [-0.3, -0.25) is 0 Å². The van der Waals surface area contributed by atoms with E-state index in [1.54, 1.807) is 30.6 Å². The summed E-state index contributed by atoms with van der Waals surface area (Å²) in [5, 5.41) is 10.6. The highest BCUT2D eigenvalue weighted by Gasteiger charge is 2.25. The number of hydrogen-bond acceptors (Lipinski definition) is 8. The molecule has 0 saturated heterocycles. The molecule has 4 rings (SSSR count). The van der Waals surface area contributed by atoms with Crippen molar-refractivity contribution < 1.29 is 13.5 Å². The van der Waals surface area contributed by atoms with Gasteiger partial charge in [0.15, 0.2) is 5.82 Å². The topological polar surface area (TPSA) is 131 Å². The van der Waals surface area contributed by atoms with E-state index in [9.17, 15) is 13.5 Å². The summed E-state index contributed by atoms with van der Waals surface area (Å²) in [4.78, 5) is 14.2. The Morgan fingerprint density at radius 1 is 1.13 bits per heavy atom. The van der Waals surface area contributed by atoms with Crippen molar-refractivity contribution in [2.24, 2.45) is 0 Å². The van der Waals surface area contributed by atoms with Crippen LogP contribution in [0.2, 0.25) is 0 Å². The van der Waals surface area contributed by atoms with Crippen LogP contribution in [-0.2, 0) is 10.0 Å². The molecule has 8 nitrogen and oxygen atoms in total. The maximum atomic E-state index is 13.0. The third-order valence-corrected chi connectivity index (χ3v) is 7.91. The van der Waals surface area contributed by atoms with Gasteiger partial charge >= 0.3 is 0 Å². The summed E-state index contributed by atoms with van der Waals surface area (Å²) >= 11 is 1.47. The number of nitrogens with zero attached hydrogens (tertiary/aromatic N) is 3. The van der Waals surface area contributed by atoms with Crippen LogP contribution in [0.1, 0.15) is 36.3 Å². The predicted octanol–water partition coefficient (Wildman–Crippen LogP) is 3.05. The van der Waals surface area contributed by atoms with E-state index in [1.807, 2.05) is 13.8 Å². The number of nitrogen functional groups attached to an aromatic ring is 1. The monoisotopic (exact) mass is 459 g/mol. The Balaban J connectivity index is 1.67. The minimum absolute atomic E-state index is 0.171. The summed E-state index contributed by atoms with van der Waals surface area (Å²) in [5.74, 6) is 0.301. The second-order valence-electron chi connectivity index (χ2n) is 7.84. The molecule has 3 aromatic rings. The fraction of sp³-hybridized carbons (Fsp3) is 0.381. The van der Waals surface area contributed by atoms with Crippen molar-refractivity contribution in [2.75, 3.05) is 5.73 Å². The molecular weight excluding hydrogens is 434 g/mol. The summed E-state index contributed by atoms with van der Waals surface area (Å²) in [6.45, 7) is 3.80. The molecule has 1 fully saturated rings. The minimum Gasteiger partial charge on any atom is -0.393 e. The Kier molecular flexibility index (Phi) is 6.07. The van der Waals surface area contributed by atoms with Crippen LogP contribution in [0.25, 0.3) is 21.8 Å². The molecule has 164 valence electrons. The van der Waals surface area contributed by atoms with E-state index in [0.717, 1.165) is 15.4 Å². The maximum absolute atomic E-state index is 13.0. The minimum atomic E-state index is -3.70. The van der Waals surface area contributed by atoms with Gasteiger partial charge in [-0.05, 0) is 57.2 Å². The summed E-state index contributed by atoms with van der Waals surface area (Å²) < 4.78 is 28.7. The molecule has 1 aromatic carbocycles. The van der Waals surface area contributed by atoms with Crippen LogP contribution in [0.15, 0.2) is 35.5 Å². The molecule has 0 spiro atoms. The number of aliphatic hydroxyl groups is 1. The number of benzene rings is 1. The molecule has 4 N–H and O–H groups in total. The largest absolute Gasteiger partial charge is 0.393 e. The number of aliphatic hydroxyl groups excluding tert-OH is 1. The quantitative estimate of drug-likeness (QED) is 0.534. The van der Waals surface area contributed by atoms with Gasteiger partial charge in [-0.2, -0.15) is 0 Å². The molecule has 1 saturated carbocycles. The first kappa shape index (κ1) is 21.8. The van der Waals surface area contributed by atoms with Crippen molar-refractivity contribution in [3.63, 3.8) is 0 Å². The predicted molar refractivity (Wildman–Crippen MR) is 121 cm³/mol. The van der Waals surface area contributed by atoms with Gasteiger partial charge in [-0.1, -0.05) is 6.07 Å². The van der Waals surface area contributed by atoms with E-state index in [0.29, 0.717) is 48.5 Å². The molecule has 1 aliphatic rings. The van der Waals surface area contributed by atoms with Crippen molar-refractivity contribution in [3.8, 4) is 21.8 Å². The van der Waals surface area contributed by atoms with Crippen molar-refractivity contribution in [3.05, 3.63) is 41.2 Å². The lowest BCUT2D eigenvalue weighted by Gasteiger charge is -2.26. The SMILES string of the molecule is Cc1ncc(-c2nc(-c3cc(S(=O)(=O)N[C@H]4CC[C@@H](O)CC4)ccc3C)cnc2N)s1. The van der Waals surface area contributed by atoms with Crippen LogP contribution < -0.4 is 10.5 Å². The Labute approximate surface area is 185 Å². The van der Waals surface area contributed by atoms with Crippen LogP contribution >= 0.6 is 11.3 Å². The molecule has 0 bridgehead atoms. The lowest BCUT2D eigenvalue weighted by molar-refractivity contribution is 0.120. The fourth-order valence-electron chi connectivity index (χ4n) is 3.71. The Morgan fingerprint density at radius 3 is 2.55 bits per heavy atom. The number of rotatable bonds is 5. The number of nitrogens with one attached hydrogen (secondary N) is 1. The molecule has 31 heavy (non-hydrogen) atoms. The first-order valence-electron chi connectivity index (χ1n) is 10.1. The second-order valence-corrected chi connectivity index (χ2v) is 10.8. The first-order valence-corrected chi connectivity index (χ1v) is 12.4. The number of thiazole rings is 1. The third kappa shape index (κ3) is 4.77. The zero-order valence-corrected chi connectivity index (χ0v) is 19.0. The number of aromatic nitrogens is 3. The molecule has 2 aromatic heterocycles. The van der Waals surface area contributed by atoms with Gasteiger partial charge in [0, 0.05) is 17.8 Å². The molecule has 0 aliphatic heterocycles. The highest BCUT2D eigenvalue weighted by atomic mass is 32.2. The Morgan fingerprint density at radius 2 is 1.87 bits per heavy atom. The first-order chi connectivity index (χ1) is 14.7. The molecule has 1 aliphatic carbocycles. The van der Waals surface area contributed by atoms with Gasteiger partial charge in [0.1, 0.15) is 5.69 Å². The Bertz CT molecular complexity index is 1200. The third-order valence-electron chi connectivity index (χ3n) is 5.47. The highest BCUT2D eigenvalue weighted by Crippen LogP contribution is 2.32. The molecule has 0 atom stereocenters. The zero-order chi connectivity index (χ0) is 22.2. The number of hydrogen-bond donors (Lipinski definition) is 3. The number of nitrogens with two attached hydrogens (primary N) is 1. The van der Waals surface area contributed by atoms with E-state index in [1.165, 1.54) is 11.3 Å². The van der Waals surface area contributed by atoms with Gasteiger partial charge in [0.25, 0.3) is 0 Å². The lowest BCUT2D eigenvalue weighted by Crippen LogP contribution is -2.38. The number of sulfonamides is 1. The summed E-state index contributed by atoms with van der Waals surface area (Å²) in [5.41, 5.74) is 8.68. The van der Waals surface area contributed by atoms with Gasteiger partial charge < -0.3 is 10.8 Å². The molecule has 0 amide bonds. The van der Waals surface area contributed by atoms with E-state index in [4.69, 9.17) is 5.73 Å². The van der Waals surface area contributed by atoms with Crippen molar-refractivity contribution in [2.45, 2.75) is 56.6 Å². The average molecular weight is 460 g/mol. The maximum Gasteiger partial charge on any atom is 0.240 e. The van der Waals surface area contributed by atoms with Gasteiger partial charge in [-0.15, -0.1) is 11.3 Å². The standard InChI is InChI=1S/C21H25N5O3S2/c1-12-3-8-16(31(28,29)26-14-4-6-15(27)7-5-14)9-17(12)18-10-24-21(22)20(25-18)19-11-23-13(2)30-19/h3,8-11,14-15,26-27H,4-7H2,1-2H3,(H2,22,24)/t14-,15+. The van der Waals surface area contributed by atoms with E-state index < -0.39 is 10.0 Å². The summed E-state index contributed by atoms with van der Waals surface area (Å²) in [6.07, 6.45) is 5.39. The van der Waals surface area contributed by atoms with E-state index >= 15 is 0 Å². The number of aryl methyl sites for hydroxylation is 2. The molecular formula is C21H25N5O3S2. The van der Waals surface area contributed by atoms with Gasteiger partial charge in [0.2, 0.25) is 10.0 Å². The average Bonchev–Trinajstić information content (AvgIpc) is 3.16. The van der Waals surface area contributed by atoms with Gasteiger partial charge in [0.05, 0.1) is 32.8 Å². The smallest absolute Gasteiger partial charge is 0.240 e. The van der Waals surface area contributed by atoms with Crippen molar-refractivity contribution in [1.29, 1.82) is 0 Å². The highest BCUT2D eigenvalue weighted by molar-refractivity contribution is 7.89. The Hall–Kier alpha value is -2.40. The summed E-state index contributed by atoms with van der Waals surface area (Å²) in [7, 11) is -3.70. The van der Waals surface area contributed by atoms with Crippen LogP contribution in [0.4, 0.5) is 5.82 Å². The number of anilines is 1. The molecule has 10 heteroatoms. The summed E-state index contributed by atoms with van der Waals surface area (Å²) in [6, 6.07) is 4.81. The normalized spacial score (nSPS) is 19.5. The van der Waals surface area contributed by atoms with E-state index in [-0.39, 0.29) is 17.0 Å². The zero-order valence-electron chi connectivity index (χ0n) is 17.4. The van der Waals surface area contributed by atoms with Crippen LogP contribution in [0.5, 0.6) is 0 Å². The lowest BCUT2D eigenvalue weighted by atomic mass is 9.94. The van der Waals surface area contributed by atoms with Crippen LogP contribution in [-0.4, -0.2) is 40.6 Å². The molecule has 0 unspecified atom stereocenters. The van der Waals surface area contributed by atoms with Crippen LogP contribution in [0.3, 0.4) is 0 Å². The fourth-order valence-corrected chi connectivity index (χ4v) is 5.81. The molecule has 0 radical (unpaired) electrons. The van der Waals surface area contributed by atoms with Crippen molar-refractivity contribution in [1.82, 2.24) is 19.7 Å². The second kappa shape index (κ2) is 8.62. The van der Waals surface area contributed by atoms with Gasteiger partial charge in [-0.25, -0.2) is 28.1 Å². The van der Waals surface area contributed by atoms with Crippen molar-refractivity contribution >= 4 is 27.2 Å². The molecule has 2 heterocycles.